The highest BCUT2D eigenvalue weighted by molar-refractivity contribution is 9.10. The van der Waals surface area contributed by atoms with Gasteiger partial charge in [-0.25, -0.2) is 0 Å². The smallest absolute Gasteiger partial charge is 0.0343 e. The molecule has 0 bridgehead atoms. The second-order valence-corrected chi connectivity index (χ2v) is 7.25. The lowest BCUT2D eigenvalue weighted by atomic mass is 9.90. The predicted molar refractivity (Wildman–Crippen MR) is 90.9 cm³/mol. The maximum Gasteiger partial charge on any atom is 0.0343 e. The van der Waals surface area contributed by atoms with E-state index in [-0.39, 0.29) is 5.54 Å². The summed E-state index contributed by atoms with van der Waals surface area (Å²) < 4.78 is 1.12. The van der Waals surface area contributed by atoms with E-state index in [9.17, 15) is 0 Å². The fraction of sp³-hybridized carbons (Fsp3) is 0.600. The maximum absolute atomic E-state index is 6.06. The lowest BCUT2D eigenvalue weighted by Crippen LogP contribution is -2.55. The van der Waals surface area contributed by atoms with Crippen molar-refractivity contribution >= 4 is 27.7 Å². The molecule has 1 aromatic rings. The molecule has 0 aliphatic carbocycles. The van der Waals surface area contributed by atoms with Gasteiger partial charge in [0, 0.05) is 28.4 Å². The van der Waals surface area contributed by atoms with Gasteiger partial charge in [-0.2, -0.15) is 11.8 Å². The summed E-state index contributed by atoms with van der Waals surface area (Å²) in [5.74, 6) is 1.13. The fourth-order valence-electron chi connectivity index (χ4n) is 2.27. The molecule has 19 heavy (non-hydrogen) atoms. The normalized spacial score (nSPS) is 16.4. The van der Waals surface area contributed by atoms with Crippen LogP contribution in [-0.4, -0.2) is 42.1 Å². The molecule has 2 nitrogen and oxygen atoms in total. The average Bonchev–Trinajstić information content (AvgIpc) is 2.40. The van der Waals surface area contributed by atoms with E-state index >= 15 is 0 Å². The fourth-order valence-corrected chi connectivity index (χ4v) is 3.24. The Hall–Kier alpha value is -0.0300. The number of nitrogens with zero attached hydrogens (tertiary/aromatic N) is 1. The summed E-state index contributed by atoms with van der Waals surface area (Å²) in [4.78, 5) is 2.42. The van der Waals surface area contributed by atoms with Gasteiger partial charge >= 0.3 is 0 Å². The minimum Gasteiger partial charge on any atom is -0.329 e. The molecule has 0 spiro atoms. The number of benzene rings is 1. The molecule has 0 radical (unpaired) electrons. The summed E-state index contributed by atoms with van der Waals surface area (Å²) >= 11 is 5.36. The van der Waals surface area contributed by atoms with E-state index < -0.39 is 0 Å². The van der Waals surface area contributed by atoms with Crippen LogP contribution in [0.3, 0.4) is 0 Å². The van der Waals surface area contributed by atoms with Crippen molar-refractivity contribution in [1.82, 2.24) is 4.90 Å². The number of hydrogen-bond donors (Lipinski definition) is 1. The van der Waals surface area contributed by atoms with Crippen molar-refractivity contribution in [2.24, 2.45) is 5.73 Å². The summed E-state index contributed by atoms with van der Waals surface area (Å²) in [6.45, 7) is 5.19. The molecule has 2 unspecified atom stereocenters. The van der Waals surface area contributed by atoms with E-state index in [0.29, 0.717) is 12.6 Å². The van der Waals surface area contributed by atoms with Gasteiger partial charge in [0.1, 0.15) is 0 Å². The molecular weight excluding hydrogens is 320 g/mol. The zero-order chi connectivity index (χ0) is 14.5. The molecule has 1 rings (SSSR count). The van der Waals surface area contributed by atoms with Crippen LogP contribution < -0.4 is 5.73 Å². The van der Waals surface area contributed by atoms with Gasteiger partial charge < -0.3 is 5.73 Å². The van der Waals surface area contributed by atoms with Gasteiger partial charge in [-0.15, -0.1) is 0 Å². The Bertz CT molecular complexity index is 382. The third kappa shape index (κ3) is 4.78. The third-order valence-electron chi connectivity index (χ3n) is 3.86. The molecule has 0 aliphatic heterocycles. The van der Waals surface area contributed by atoms with Crippen LogP contribution in [0.2, 0.25) is 0 Å². The number of hydrogen-bond acceptors (Lipinski definition) is 3. The largest absolute Gasteiger partial charge is 0.329 e. The van der Waals surface area contributed by atoms with Crippen molar-refractivity contribution in [3.63, 3.8) is 0 Å². The van der Waals surface area contributed by atoms with Gasteiger partial charge in [0.2, 0.25) is 0 Å². The van der Waals surface area contributed by atoms with E-state index in [4.69, 9.17) is 5.73 Å². The lowest BCUT2D eigenvalue weighted by Gasteiger charge is -2.42. The van der Waals surface area contributed by atoms with E-state index in [0.717, 1.165) is 16.6 Å². The molecule has 0 heterocycles. The molecule has 108 valence electrons. The zero-order valence-corrected chi connectivity index (χ0v) is 14.7. The Morgan fingerprint density at radius 2 is 1.95 bits per heavy atom. The van der Waals surface area contributed by atoms with Crippen molar-refractivity contribution in [3.8, 4) is 0 Å². The Kier molecular flexibility index (Phi) is 6.87. The lowest BCUT2D eigenvalue weighted by molar-refractivity contribution is 0.111. The third-order valence-corrected chi connectivity index (χ3v) is 5.20. The first-order chi connectivity index (χ1) is 8.92. The minimum absolute atomic E-state index is 0.00295. The van der Waals surface area contributed by atoms with Gasteiger partial charge in [-0.05, 0) is 51.3 Å². The number of nitrogens with two attached hydrogens (primary N) is 1. The Morgan fingerprint density at radius 3 is 2.42 bits per heavy atom. The molecule has 0 saturated heterocycles. The van der Waals surface area contributed by atoms with Crippen molar-refractivity contribution in [2.45, 2.75) is 31.8 Å². The van der Waals surface area contributed by atoms with Crippen LogP contribution in [0.25, 0.3) is 0 Å². The van der Waals surface area contributed by atoms with Crippen LogP contribution in [0.1, 0.15) is 19.4 Å². The predicted octanol–water partition coefficient (Wildman–Crippen LogP) is 3.39. The quantitative estimate of drug-likeness (QED) is 0.821. The average molecular weight is 345 g/mol. The molecule has 0 saturated carbocycles. The Balaban J connectivity index is 2.81. The topological polar surface area (TPSA) is 29.3 Å². The first-order valence-corrected chi connectivity index (χ1v) is 8.78. The highest BCUT2D eigenvalue weighted by Gasteiger charge is 2.30. The van der Waals surface area contributed by atoms with E-state index in [2.05, 4.69) is 72.2 Å². The van der Waals surface area contributed by atoms with E-state index in [1.165, 1.54) is 5.56 Å². The Labute approximate surface area is 130 Å². The van der Waals surface area contributed by atoms with Crippen molar-refractivity contribution in [1.29, 1.82) is 0 Å². The highest BCUT2D eigenvalue weighted by Crippen LogP contribution is 2.23. The molecule has 0 amide bonds. The van der Waals surface area contributed by atoms with Crippen LogP contribution in [-0.2, 0) is 6.42 Å². The summed E-state index contributed by atoms with van der Waals surface area (Å²) in [6, 6.07) is 9.06. The molecule has 2 atom stereocenters. The maximum atomic E-state index is 6.06. The van der Waals surface area contributed by atoms with Gasteiger partial charge in [0.05, 0.1) is 0 Å². The van der Waals surface area contributed by atoms with Gasteiger partial charge in [-0.1, -0.05) is 28.1 Å². The summed E-state index contributed by atoms with van der Waals surface area (Å²) in [5, 5.41) is 0. The molecule has 1 aromatic carbocycles. The SMILES string of the molecule is CSCC(C)N(C)C(C)(CN)Cc1ccc(Br)cc1. The summed E-state index contributed by atoms with van der Waals surface area (Å²) in [5.41, 5.74) is 7.40. The second-order valence-electron chi connectivity index (χ2n) is 5.42. The van der Waals surface area contributed by atoms with Gasteiger partial charge in [0.25, 0.3) is 0 Å². The van der Waals surface area contributed by atoms with Gasteiger partial charge in [-0.3, -0.25) is 4.90 Å². The number of halogens is 1. The number of likely N-dealkylation sites (N-methyl/N-ethyl adjacent to an activating group) is 1. The monoisotopic (exact) mass is 344 g/mol. The van der Waals surface area contributed by atoms with Crippen molar-refractivity contribution in [3.05, 3.63) is 34.3 Å². The molecule has 0 fully saturated rings. The zero-order valence-electron chi connectivity index (χ0n) is 12.3. The Morgan fingerprint density at radius 1 is 1.37 bits per heavy atom. The van der Waals surface area contributed by atoms with Crippen LogP contribution in [0.15, 0.2) is 28.7 Å². The van der Waals surface area contributed by atoms with Crippen LogP contribution in [0.5, 0.6) is 0 Å². The first-order valence-electron chi connectivity index (χ1n) is 6.59. The van der Waals surface area contributed by atoms with Crippen LogP contribution in [0, 0.1) is 0 Å². The molecule has 0 aliphatic rings. The molecular formula is C15H25BrN2S. The van der Waals surface area contributed by atoms with Crippen molar-refractivity contribution in [2.75, 3.05) is 25.6 Å². The first kappa shape index (κ1) is 17.0. The molecule has 2 N–H and O–H groups in total. The number of rotatable bonds is 7. The van der Waals surface area contributed by atoms with Crippen LogP contribution >= 0.6 is 27.7 Å². The van der Waals surface area contributed by atoms with E-state index in [1.807, 2.05) is 11.8 Å². The molecule has 0 aromatic heterocycles. The second kappa shape index (κ2) is 7.67. The molecule has 4 heteroatoms. The van der Waals surface area contributed by atoms with Crippen LogP contribution in [0.4, 0.5) is 0 Å². The summed E-state index contributed by atoms with van der Waals surface area (Å²) in [6.07, 6.45) is 3.13. The van der Waals surface area contributed by atoms with E-state index in [1.54, 1.807) is 0 Å². The summed E-state index contributed by atoms with van der Waals surface area (Å²) in [7, 11) is 2.19. The van der Waals surface area contributed by atoms with Crippen molar-refractivity contribution < 1.29 is 0 Å². The van der Waals surface area contributed by atoms with Gasteiger partial charge in [0.15, 0.2) is 0 Å². The standard InChI is InChI=1S/C15H25BrN2S/c1-12(10-19-4)18(3)15(2,11-17)9-13-5-7-14(16)8-6-13/h5-8,12H,9-11,17H2,1-4H3. The minimum atomic E-state index is 0.00295. The number of thioether (sulfide) groups is 1. The highest BCUT2D eigenvalue weighted by atomic mass is 79.9.